The molecule has 0 fully saturated rings. The number of anilines is 1. The molecule has 0 aliphatic heterocycles. The number of benzene rings is 1. The van der Waals surface area contributed by atoms with Gasteiger partial charge in [-0.05, 0) is 44.6 Å². The molecule has 1 aromatic rings. The van der Waals surface area contributed by atoms with Crippen LogP contribution in [-0.2, 0) is 0 Å². The van der Waals surface area contributed by atoms with Crippen molar-refractivity contribution >= 4 is 17.3 Å². The quantitative estimate of drug-likeness (QED) is 0.735. The van der Waals surface area contributed by atoms with Gasteiger partial charge in [0.2, 0.25) is 0 Å². The largest absolute Gasteiger partial charge is 0.383 e. The molecule has 0 heterocycles. The molecule has 0 saturated carbocycles. The van der Waals surface area contributed by atoms with Gasteiger partial charge in [-0.1, -0.05) is 11.6 Å². The summed E-state index contributed by atoms with van der Waals surface area (Å²) in [6.07, 6.45) is 2.08. The zero-order valence-corrected chi connectivity index (χ0v) is 9.57. The van der Waals surface area contributed by atoms with E-state index in [4.69, 9.17) is 11.6 Å². The third-order valence-corrected chi connectivity index (χ3v) is 2.33. The lowest BCUT2D eigenvalue weighted by atomic mass is 10.2. The summed E-state index contributed by atoms with van der Waals surface area (Å²) in [6.45, 7) is 1.75. The summed E-state index contributed by atoms with van der Waals surface area (Å²) in [5.41, 5.74) is 0.479. The van der Waals surface area contributed by atoms with Crippen LogP contribution in [0.3, 0.4) is 0 Å². The number of unbranched alkanes of at least 4 members (excludes halogenated alkanes) is 1. The van der Waals surface area contributed by atoms with Gasteiger partial charge in [0.15, 0.2) is 0 Å². The van der Waals surface area contributed by atoms with Gasteiger partial charge < -0.3 is 10.6 Å². The smallest absolute Gasteiger partial charge is 0.146 e. The van der Waals surface area contributed by atoms with Crippen molar-refractivity contribution in [2.75, 3.05) is 25.5 Å². The lowest BCUT2D eigenvalue weighted by molar-refractivity contribution is 0.628. The molecule has 0 aliphatic carbocycles. The second-order valence-electron chi connectivity index (χ2n) is 3.36. The molecule has 1 aromatic carbocycles. The summed E-state index contributed by atoms with van der Waals surface area (Å²) in [6, 6.07) is 4.52. The van der Waals surface area contributed by atoms with Gasteiger partial charge in [0.1, 0.15) is 5.82 Å². The van der Waals surface area contributed by atoms with Crippen LogP contribution in [0.15, 0.2) is 18.2 Å². The average molecular weight is 231 g/mol. The van der Waals surface area contributed by atoms with Crippen molar-refractivity contribution in [3.05, 3.63) is 29.0 Å². The Bertz CT molecular complexity index is 305. The molecule has 15 heavy (non-hydrogen) atoms. The Morgan fingerprint density at radius 2 is 2.00 bits per heavy atom. The summed E-state index contributed by atoms with van der Waals surface area (Å²) >= 11 is 5.76. The van der Waals surface area contributed by atoms with Gasteiger partial charge in [-0.15, -0.1) is 0 Å². The van der Waals surface area contributed by atoms with Crippen molar-refractivity contribution in [3.8, 4) is 0 Å². The Balaban J connectivity index is 2.33. The molecule has 0 aliphatic rings. The van der Waals surface area contributed by atoms with Crippen molar-refractivity contribution in [3.63, 3.8) is 0 Å². The molecule has 0 spiro atoms. The van der Waals surface area contributed by atoms with Gasteiger partial charge in [-0.25, -0.2) is 4.39 Å². The number of rotatable bonds is 6. The van der Waals surface area contributed by atoms with E-state index in [0.717, 1.165) is 25.9 Å². The van der Waals surface area contributed by atoms with Gasteiger partial charge in [-0.2, -0.15) is 0 Å². The second kappa shape index (κ2) is 6.64. The first-order valence-corrected chi connectivity index (χ1v) is 5.45. The van der Waals surface area contributed by atoms with Crippen molar-refractivity contribution in [1.29, 1.82) is 0 Å². The predicted molar refractivity (Wildman–Crippen MR) is 63.1 cm³/mol. The lowest BCUT2D eigenvalue weighted by Crippen LogP contribution is -2.10. The Hall–Kier alpha value is -0.800. The van der Waals surface area contributed by atoms with E-state index < -0.39 is 0 Å². The van der Waals surface area contributed by atoms with Crippen molar-refractivity contribution < 1.29 is 4.39 Å². The van der Waals surface area contributed by atoms with Gasteiger partial charge in [0.05, 0.1) is 5.69 Å². The van der Waals surface area contributed by atoms with E-state index in [1.54, 1.807) is 12.1 Å². The van der Waals surface area contributed by atoms with Crippen LogP contribution in [0.1, 0.15) is 12.8 Å². The van der Waals surface area contributed by atoms with E-state index in [9.17, 15) is 4.39 Å². The Labute approximate surface area is 94.8 Å². The summed E-state index contributed by atoms with van der Waals surface area (Å²) in [5, 5.41) is 6.64. The summed E-state index contributed by atoms with van der Waals surface area (Å²) < 4.78 is 13.2. The second-order valence-corrected chi connectivity index (χ2v) is 3.80. The van der Waals surface area contributed by atoms with Gasteiger partial charge >= 0.3 is 0 Å². The molecule has 0 atom stereocenters. The highest BCUT2D eigenvalue weighted by atomic mass is 35.5. The lowest BCUT2D eigenvalue weighted by Gasteiger charge is -2.07. The maximum absolute atomic E-state index is 13.2. The Kier molecular flexibility index (Phi) is 5.43. The van der Waals surface area contributed by atoms with Crippen LogP contribution < -0.4 is 10.6 Å². The first-order valence-electron chi connectivity index (χ1n) is 5.07. The van der Waals surface area contributed by atoms with E-state index in [0.29, 0.717) is 10.7 Å². The van der Waals surface area contributed by atoms with Gasteiger partial charge in [0, 0.05) is 11.6 Å². The monoisotopic (exact) mass is 230 g/mol. The number of nitrogens with one attached hydrogen (secondary N) is 2. The maximum Gasteiger partial charge on any atom is 0.146 e. The maximum atomic E-state index is 13.2. The molecule has 0 amide bonds. The van der Waals surface area contributed by atoms with E-state index >= 15 is 0 Å². The minimum absolute atomic E-state index is 0.256. The molecule has 0 saturated heterocycles. The topological polar surface area (TPSA) is 24.1 Å². The fraction of sp³-hybridized carbons (Fsp3) is 0.455. The van der Waals surface area contributed by atoms with Crippen LogP contribution in [0.5, 0.6) is 0 Å². The first kappa shape index (κ1) is 12.3. The summed E-state index contributed by atoms with van der Waals surface area (Å²) in [4.78, 5) is 0. The molecular weight excluding hydrogens is 215 g/mol. The molecule has 0 unspecified atom stereocenters. The Morgan fingerprint density at radius 3 is 2.73 bits per heavy atom. The van der Waals surface area contributed by atoms with Crippen LogP contribution in [0.4, 0.5) is 10.1 Å². The van der Waals surface area contributed by atoms with Crippen LogP contribution >= 0.6 is 11.6 Å². The van der Waals surface area contributed by atoms with Crippen LogP contribution in [-0.4, -0.2) is 20.1 Å². The zero-order valence-electron chi connectivity index (χ0n) is 8.82. The van der Waals surface area contributed by atoms with Crippen LogP contribution in [0.2, 0.25) is 5.02 Å². The molecular formula is C11H16ClFN2. The predicted octanol–water partition coefficient (Wildman–Crippen LogP) is 2.89. The molecule has 0 bridgehead atoms. The normalized spacial score (nSPS) is 10.3. The van der Waals surface area contributed by atoms with Crippen molar-refractivity contribution in [1.82, 2.24) is 5.32 Å². The third kappa shape index (κ3) is 4.49. The highest BCUT2D eigenvalue weighted by Gasteiger charge is 2.01. The van der Waals surface area contributed by atoms with Gasteiger partial charge in [-0.3, -0.25) is 0 Å². The SMILES string of the molecule is CNCCCCNc1cc(Cl)ccc1F. The fourth-order valence-corrected chi connectivity index (χ4v) is 1.45. The number of hydrogen-bond acceptors (Lipinski definition) is 2. The molecule has 0 radical (unpaired) electrons. The van der Waals surface area contributed by atoms with Gasteiger partial charge in [0.25, 0.3) is 0 Å². The van der Waals surface area contributed by atoms with Crippen LogP contribution in [0, 0.1) is 5.82 Å². The van der Waals surface area contributed by atoms with E-state index in [1.807, 2.05) is 7.05 Å². The summed E-state index contributed by atoms with van der Waals surface area (Å²) in [5.74, 6) is -0.256. The van der Waals surface area contributed by atoms with E-state index in [-0.39, 0.29) is 5.82 Å². The molecule has 84 valence electrons. The molecule has 0 aromatic heterocycles. The Morgan fingerprint density at radius 1 is 1.27 bits per heavy atom. The minimum Gasteiger partial charge on any atom is -0.383 e. The minimum atomic E-state index is -0.256. The highest BCUT2D eigenvalue weighted by Crippen LogP contribution is 2.19. The highest BCUT2D eigenvalue weighted by molar-refractivity contribution is 6.30. The number of halogens is 2. The van der Waals surface area contributed by atoms with Crippen molar-refractivity contribution in [2.45, 2.75) is 12.8 Å². The van der Waals surface area contributed by atoms with E-state index in [2.05, 4.69) is 10.6 Å². The molecule has 2 N–H and O–H groups in total. The fourth-order valence-electron chi connectivity index (χ4n) is 1.28. The summed E-state index contributed by atoms with van der Waals surface area (Å²) in [7, 11) is 1.92. The first-order chi connectivity index (χ1) is 7.24. The molecule has 4 heteroatoms. The molecule has 2 nitrogen and oxygen atoms in total. The average Bonchev–Trinajstić information content (AvgIpc) is 2.23. The van der Waals surface area contributed by atoms with Crippen LogP contribution in [0.25, 0.3) is 0 Å². The van der Waals surface area contributed by atoms with E-state index in [1.165, 1.54) is 6.07 Å². The molecule has 1 rings (SSSR count). The third-order valence-electron chi connectivity index (χ3n) is 2.10. The number of hydrogen-bond donors (Lipinski definition) is 2. The zero-order chi connectivity index (χ0) is 11.1. The standard InChI is InChI=1S/C11H16ClFN2/c1-14-6-2-3-7-15-11-8-9(12)4-5-10(11)13/h4-5,8,14-15H,2-3,6-7H2,1H3. The van der Waals surface area contributed by atoms with Crippen molar-refractivity contribution in [2.24, 2.45) is 0 Å².